The van der Waals surface area contributed by atoms with E-state index in [-0.39, 0.29) is 4.75 Å². The van der Waals surface area contributed by atoms with Crippen LogP contribution in [-0.4, -0.2) is 10.5 Å². The second kappa shape index (κ2) is 6.04. The molecule has 2 fully saturated rings. The molecule has 0 spiro atoms. The predicted molar refractivity (Wildman–Crippen MR) is 78.7 cm³/mol. The summed E-state index contributed by atoms with van der Waals surface area (Å²) in [5, 5.41) is 0. The van der Waals surface area contributed by atoms with Crippen LogP contribution in [0.3, 0.4) is 0 Å². The highest BCUT2D eigenvalue weighted by Gasteiger charge is 2.41. The molecule has 0 amide bonds. The molecule has 0 unspecified atom stereocenters. The quantitative estimate of drug-likeness (QED) is 0.671. The zero-order valence-corrected chi connectivity index (χ0v) is 12.1. The Morgan fingerprint density at radius 1 is 0.750 bits per heavy atom. The van der Waals surface area contributed by atoms with E-state index in [9.17, 15) is 0 Å². The summed E-state index contributed by atoms with van der Waals surface area (Å²) in [6.45, 7) is 0. The zero-order chi connectivity index (χ0) is 11.4. The van der Waals surface area contributed by atoms with Gasteiger partial charge in [0.25, 0.3) is 0 Å². The lowest BCUT2D eigenvalue weighted by atomic mass is 9.69. The van der Waals surface area contributed by atoms with Crippen LogP contribution in [0.5, 0.6) is 0 Å². The summed E-state index contributed by atoms with van der Waals surface area (Å²) in [5.74, 6) is 2.65. The molecule has 0 aliphatic heterocycles. The Balaban J connectivity index is 2.03. The minimum atomic E-state index is 0.240. The maximum Gasteiger partial charge on any atom is 0.0274 e. The molecule has 0 radical (unpaired) electrons. The third-order valence-electron chi connectivity index (χ3n) is 4.88. The van der Waals surface area contributed by atoms with Crippen molar-refractivity contribution in [3.05, 3.63) is 0 Å². The summed E-state index contributed by atoms with van der Waals surface area (Å²) < 4.78 is 0.240. The third-order valence-corrected chi connectivity index (χ3v) is 6.54. The summed E-state index contributed by atoms with van der Waals surface area (Å²) in [7, 11) is 0. The van der Waals surface area contributed by atoms with Gasteiger partial charge in [-0.1, -0.05) is 38.5 Å². The van der Waals surface area contributed by atoms with Crippen LogP contribution in [0.15, 0.2) is 0 Å². The fourth-order valence-electron chi connectivity index (χ4n) is 3.80. The van der Waals surface area contributed by atoms with Gasteiger partial charge in [0.15, 0.2) is 0 Å². The largest absolute Gasteiger partial charge is 0.178 e. The Morgan fingerprint density at radius 3 is 1.44 bits per heavy atom. The standard InChI is InChI=1S/C14H26S2/c15-11-14(16,12-7-3-1-4-8-12)13-9-5-2-6-10-13/h12-13,15-16H,1-11H2. The van der Waals surface area contributed by atoms with Gasteiger partial charge >= 0.3 is 0 Å². The van der Waals surface area contributed by atoms with E-state index in [4.69, 9.17) is 12.6 Å². The second-order valence-corrected chi connectivity index (χ2v) is 6.97. The first-order chi connectivity index (χ1) is 7.77. The highest BCUT2D eigenvalue weighted by Crippen LogP contribution is 2.47. The van der Waals surface area contributed by atoms with E-state index in [2.05, 4.69) is 12.6 Å². The van der Waals surface area contributed by atoms with E-state index in [0.29, 0.717) is 0 Å². The average Bonchev–Trinajstić information content (AvgIpc) is 2.40. The summed E-state index contributed by atoms with van der Waals surface area (Å²) in [6, 6.07) is 0. The van der Waals surface area contributed by atoms with E-state index in [0.717, 1.165) is 17.6 Å². The van der Waals surface area contributed by atoms with Gasteiger partial charge in [-0.05, 0) is 37.5 Å². The molecule has 94 valence electrons. The molecule has 0 N–H and O–H groups in total. The lowest BCUT2D eigenvalue weighted by molar-refractivity contribution is 0.194. The van der Waals surface area contributed by atoms with Crippen LogP contribution < -0.4 is 0 Å². The molecule has 0 saturated heterocycles. The fourth-order valence-corrected chi connectivity index (χ4v) is 4.83. The summed E-state index contributed by atoms with van der Waals surface area (Å²) >= 11 is 9.77. The molecular weight excluding hydrogens is 232 g/mol. The minimum Gasteiger partial charge on any atom is -0.178 e. The summed E-state index contributed by atoms with van der Waals surface area (Å²) in [6.07, 6.45) is 14.2. The van der Waals surface area contributed by atoms with Crippen molar-refractivity contribution in [2.24, 2.45) is 11.8 Å². The van der Waals surface area contributed by atoms with Crippen molar-refractivity contribution in [2.45, 2.75) is 69.0 Å². The maximum absolute atomic E-state index is 5.13. The Bertz CT molecular complexity index is 185. The van der Waals surface area contributed by atoms with Gasteiger partial charge in [-0.3, -0.25) is 0 Å². The molecule has 0 aromatic carbocycles. The fraction of sp³-hybridized carbons (Fsp3) is 1.00. The van der Waals surface area contributed by atoms with Gasteiger partial charge in [0, 0.05) is 10.5 Å². The highest BCUT2D eigenvalue weighted by molar-refractivity contribution is 7.85. The molecular formula is C14H26S2. The molecule has 2 heteroatoms. The molecule has 0 bridgehead atoms. The SMILES string of the molecule is SCC(S)(C1CCCCC1)C1CCCCC1. The molecule has 0 aromatic rings. The Hall–Kier alpha value is 0.700. The predicted octanol–water partition coefficient (Wildman–Crippen LogP) is 4.75. The van der Waals surface area contributed by atoms with Crippen LogP contribution in [0.4, 0.5) is 0 Å². The van der Waals surface area contributed by atoms with Crippen molar-refractivity contribution < 1.29 is 0 Å². The molecule has 0 aromatic heterocycles. The van der Waals surface area contributed by atoms with Crippen molar-refractivity contribution in [3.63, 3.8) is 0 Å². The Kier molecular flexibility index (Phi) is 4.96. The van der Waals surface area contributed by atoms with Crippen molar-refractivity contribution in [2.75, 3.05) is 5.75 Å². The zero-order valence-electron chi connectivity index (χ0n) is 10.3. The molecule has 2 rings (SSSR count). The topological polar surface area (TPSA) is 0 Å². The Labute approximate surface area is 112 Å². The van der Waals surface area contributed by atoms with Crippen molar-refractivity contribution in [1.29, 1.82) is 0 Å². The first-order valence-electron chi connectivity index (χ1n) is 7.10. The molecule has 2 aliphatic carbocycles. The second-order valence-electron chi connectivity index (χ2n) is 5.82. The van der Waals surface area contributed by atoms with Crippen LogP contribution in [0.25, 0.3) is 0 Å². The van der Waals surface area contributed by atoms with Gasteiger partial charge < -0.3 is 0 Å². The maximum atomic E-state index is 5.13. The molecule has 0 nitrogen and oxygen atoms in total. The van der Waals surface area contributed by atoms with Crippen LogP contribution in [-0.2, 0) is 0 Å². The van der Waals surface area contributed by atoms with Gasteiger partial charge in [-0.15, -0.1) is 0 Å². The lowest BCUT2D eigenvalue weighted by Gasteiger charge is -2.45. The van der Waals surface area contributed by atoms with E-state index in [1.54, 1.807) is 0 Å². The number of rotatable bonds is 3. The third kappa shape index (κ3) is 2.75. The minimum absolute atomic E-state index is 0.240. The van der Waals surface area contributed by atoms with Crippen LogP contribution in [0, 0.1) is 11.8 Å². The van der Waals surface area contributed by atoms with Gasteiger partial charge in [-0.25, -0.2) is 0 Å². The van der Waals surface area contributed by atoms with E-state index in [1.165, 1.54) is 64.2 Å². The van der Waals surface area contributed by atoms with Gasteiger partial charge in [0.2, 0.25) is 0 Å². The van der Waals surface area contributed by atoms with E-state index < -0.39 is 0 Å². The highest BCUT2D eigenvalue weighted by atomic mass is 32.1. The van der Waals surface area contributed by atoms with Crippen molar-refractivity contribution in [1.82, 2.24) is 0 Å². The molecule has 16 heavy (non-hydrogen) atoms. The number of hydrogen-bond acceptors (Lipinski definition) is 2. The normalized spacial score (nSPS) is 25.9. The first-order valence-corrected chi connectivity index (χ1v) is 8.18. The number of hydrogen-bond donors (Lipinski definition) is 2. The lowest BCUT2D eigenvalue weighted by Crippen LogP contribution is -2.43. The summed E-state index contributed by atoms with van der Waals surface area (Å²) in [5.41, 5.74) is 0. The van der Waals surface area contributed by atoms with Gasteiger partial charge in [0.1, 0.15) is 0 Å². The van der Waals surface area contributed by atoms with Crippen LogP contribution in [0.2, 0.25) is 0 Å². The molecule has 2 aliphatic rings. The molecule has 0 atom stereocenters. The van der Waals surface area contributed by atoms with Crippen LogP contribution >= 0.6 is 25.3 Å². The Morgan fingerprint density at radius 2 is 1.12 bits per heavy atom. The van der Waals surface area contributed by atoms with Gasteiger partial charge in [-0.2, -0.15) is 25.3 Å². The summed E-state index contributed by atoms with van der Waals surface area (Å²) in [4.78, 5) is 0. The molecule has 0 heterocycles. The monoisotopic (exact) mass is 258 g/mol. The number of thiol groups is 2. The van der Waals surface area contributed by atoms with Crippen molar-refractivity contribution >= 4 is 25.3 Å². The smallest absolute Gasteiger partial charge is 0.0274 e. The van der Waals surface area contributed by atoms with Gasteiger partial charge in [0.05, 0.1) is 0 Å². The molecule has 2 saturated carbocycles. The average molecular weight is 258 g/mol. The van der Waals surface area contributed by atoms with Crippen molar-refractivity contribution in [3.8, 4) is 0 Å². The van der Waals surface area contributed by atoms with Crippen LogP contribution in [0.1, 0.15) is 64.2 Å². The van der Waals surface area contributed by atoms with E-state index in [1.807, 2.05) is 0 Å². The van der Waals surface area contributed by atoms with E-state index >= 15 is 0 Å². The first kappa shape index (κ1) is 13.1.